The van der Waals surface area contributed by atoms with Crippen molar-refractivity contribution in [3.63, 3.8) is 0 Å². The SMILES string of the molecule is CCc1cccc(C)c1Nc1c(-c2ccccc2OCC(N)=O)nc2c(F)cc(F)cn12. The van der Waals surface area contributed by atoms with Gasteiger partial charge >= 0.3 is 0 Å². The summed E-state index contributed by atoms with van der Waals surface area (Å²) in [7, 11) is 0. The van der Waals surface area contributed by atoms with Crippen molar-refractivity contribution in [2.75, 3.05) is 11.9 Å². The third-order valence-corrected chi connectivity index (χ3v) is 5.14. The van der Waals surface area contributed by atoms with Gasteiger partial charge in [0.2, 0.25) is 0 Å². The minimum Gasteiger partial charge on any atom is -0.483 e. The number of nitrogens with one attached hydrogen (secondary N) is 1. The molecule has 2 heterocycles. The van der Waals surface area contributed by atoms with Crippen LogP contribution >= 0.6 is 0 Å². The third-order valence-electron chi connectivity index (χ3n) is 5.14. The summed E-state index contributed by atoms with van der Waals surface area (Å²) in [5, 5.41) is 3.35. The van der Waals surface area contributed by atoms with Crippen LogP contribution in [0.25, 0.3) is 16.9 Å². The first-order chi connectivity index (χ1) is 15.4. The average Bonchev–Trinajstić information content (AvgIpc) is 3.12. The van der Waals surface area contributed by atoms with Crippen LogP contribution in [0.3, 0.4) is 0 Å². The number of amides is 1. The fourth-order valence-electron chi connectivity index (χ4n) is 3.64. The number of imidazole rings is 1. The first-order valence-electron chi connectivity index (χ1n) is 10.1. The van der Waals surface area contributed by atoms with Gasteiger partial charge in [-0.2, -0.15) is 0 Å². The Hall–Kier alpha value is -3.94. The van der Waals surface area contributed by atoms with Crippen LogP contribution < -0.4 is 15.8 Å². The fourth-order valence-corrected chi connectivity index (χ4v) is 3.64. The van der Waals surface area contributed by atoms with E-state index >= 15 is 0 Å². The Balaban J connectivity index is 1.96. The number of fused-ring (bicyclic) bond motifs is 1. The van der Waals surface area contributed by atoms with Gasteiger partial charge in [-0.15, -0.1) is 0 Å². The van der Waals surface area contributed by atoms with Gasteiger partial charge in [0.05, 0.1) is 0 Å². The number of nitrogens with two attached hydrogens (primary N) is 1. The summed E-state index contributed by atoms with van der Waals surface area (Å²) >= 11 is 0. The second-order valence-corrected chi connectivity index (χ2v) is 7.35. The van der Waals surface area contributed by atoms with Crippen LogP contribution in [-0.2, 0) is 11.2 Å². The molecule has 4 aromatic rings. The van der Waals surface area contributed by atoms with E-state index in [0.717, 1.165) is 29.3 Å². The van der Waals surface area contributed by atoms with Crippen molar-refractivity contribution >= 4 is 23.1 Å². The van der Waals surface area contributed by atoms with E-state index in [4.69, 9.17) is 10.5 Å². The minimum absolute atomic E-state index is 0.0414. The molecule has 164 valence electrons. The summed E-state index contributed by atoms with van der Waals surface area (Å²) in [4.78, 5) is 15.7. The fraction of sp³-hybridized carbons (Fsp3) is 0.167. The molecular formula is C24H22F2N4O2. The maximum atomic E-state index is 14.6. The molecule has 0 atom stereocenters. The number of aryl methyl sites for hydroxylation is 2. The quantitative estimate of drug-likeness (QED) is 0.438. The van der Waals surface area contributed by atoms with Gasteiger partial charge in [-0.05, 0) is 36.6 Å². The maximum Gasteiger partial charge on any atom is 0.255 e. The monoisotopic (exact) mass is 436 g/mol. The van der Waals surface area contributed by atoms with Gasteiger partial charge < -0.3 is 15.8 Å². The smallest absolute Gasteiger partial charge is 0.255 e. The van der Waals surface area contributed by atoms with Gasteiger partial charge in [0.25, 0.3) is 5.91 Å². The number of hydrogen-bond acceptors (Lipinski definition) is 4. The van der Waals surface area contributed by atoms with Crippen LogP contribution in [0.1, 0.15) is 18.1 Å². The molecular weight excluding hydrogens is 414 g/mol. The van der Waals surface area contributed by atoms with E-state index in [1.807, 2.05) is 32.0 Å². The Bertz CT molecular complexity index is 1320. The Labute approximate surface area is 183 Å². The number of rotatable bonds is 7. The molecule has 3 N–H and O–H groups in total. The zero-order valence-corrected chi connectivity index (χ0v) is 17.7. The largest absolute Gasteiger partial charge is 0.483 e. The summed E-state index contributed by atoms with van der Waals surface area (Å²) in [6.45, 7) is 3.66. The van der Waals surface area contributed by atoms with Crippen molar-refractivity contribution in [2.45, 2.75) is 20.3 Å². The minimum atomic E-state index is -0.796. The number of primary amides is 1. The molecule has 2 aromatic heterocycles. The number of para-hydroxylation sites is 2. The standard InChI is InChI=1S/C24H22F2N4O2/c1-3-15-8-6-7-14(2)21(15)28-24-22(29-23-18(26)11-16(25)12-30(23)24)17-9-4-5-10-19(17)32-13-20(27)31/h4-12,28H,3,13H2,1-2H3,(H2,27,31). The summed E-state index contributed by atoms with van der Waals surface area (Å²) in [6.07, 6.45) is 1.94. The number of carbonyl (C=O) groups excluding carboxylic acids is 1. The normalized spacial score (nSPS) is 11.0. The topological polar surface area (TPSA) is 81.6 Å². The molecule has 0 bridgehead atoms. The molecule has 8 heteroatoms. The number of anilines is 2. The molecule has 0 aliphatic heterocycles. The lowest BCUT2D eigenvalue weighted by atomic mass is 10.1. The lowest BCUT2D eigenvalue weighted by molar-refractivity contribution is -0.119. The van der Waals surface area contributed by atoms with E-state index in [9.17, 15) is 13.6 Å². The van der Waals surface area contributed by atoms with Crippen LogP contribution in [0.15, 0.2) is 54.7 Å². The van der Waals surface area contributed by atoms with E-state index in [1.54, 1.807) is 24.3 Å². The van der Waals surface area contributed by atoms with E-state index in [1.165, 1.54) is 10.6 Å². The number of hydrogen-bond donors (Lipinski definition) is 2. The third kappa shape index (κ3) is 3.99. The van der Waals surface area contributed by atoms with Crippen molar-refractivity contribution < 1.29 is 18.3 Å². The number of benzene rings is 2. The molecule has 2 aromatic carbocycles. The highest BCUT2D eigenvalue weighted by Crippen LogP contribution is 2.38. The molecule has 0 unspecified atom stereocenters. The number of carbonyl (C=O) groups is 1. The second kappa shape index (κ2) is 8.66. The Morgan fingerprint density at radius 1 is 1.19 bits per heavy atom. The lowest BCUT2D eigenvalue weighted by Crippen LogP contribution is -2.20. The van der Waals surface area contributed by atoms with Crippen LogP contribution in [0.5, 0.6) is 5.75 Å². The Morgan fingerprint density at radius 3 is 2.72 bits per heavy atom. The number of halogens is 2. The van der Waals surface area contributed by atoms with Crippen molar-refractivity contribution in [3.8, 4) is 17.0 Å². The number of ether oxygens (including phenoxy) is 1. The van der Waals surface area contributed by atoms with Crippen molar-refractivity contribution in [1.82, 2.24) is 9.38 Å². The first kappa shape index (κ1) is 21.3. The molecule has 0 aliphatic rings. The lowest BCUT2D eigenvalue weighted by Gasteiger charge is -2.16. The van der Waals surface area contributed by atoms with Gasteiger partial charge in [0, 0.05) is 23.5 Å². The maximum absolute atomic E-state index is 14.6. The molecule has 0 radical (unpaired) electrons. The average molecular weight is 436 g/mol. The molecule has 6 nitrogen and oxygen atoms in total. The predicted molar refractivity (Wildman–Crippen MR) is 119 cm³/mol. The second-order valence-electron chi connectivity index (χ2n) is 7.35. The van der Waals surface area contributed by atoms with E-state index in [-0.39, 0.29) is 12.3 Å². The van der Waals surface area contributed by atoms with E-state index in [0.29, 0.717) is 22.8 Å². The molecule has 1 amide bonds. The van der Waals surface area contributed by atoms with Crippen LogP contribution in [0.4, 0.5) is 20.3 Å². The molecule has 0 saturated heterocycles. The molecule has 0 saturated carbocycles. The molecule has 0 spiro atoms. The van der Waals surface area contributed by atoms with Gasteiger partial charge in [-0.1, -0.05) is 37.3 Å². The van der Waals surface area contributed by atoms with Crippen molar-refractivity contribution in [2.24, 2.45) is 5.73 Å². The zero-order chi connectivity index (χ0) is 22.8. The van der Waals surface area contributed by atoms with Gasteiger partial charge in [-0.25, -0.2) is 13.8 Å². The highest BCUT2D eigenvalue weighted by Gasteiger charge is 2.22. The number of pyridine rings is 1. The van der Waals surface area contributed by atoms with Gasteiger partial charge in [-0.3, -0.25) is 9.20 Å². The Morgan fingerprint density at radius 2 is 1.97 bits per heavy atom. The predicted octanol–water partition coefficient (Wildman–Crippen LogP) is 4.76. The van der Waals surface area contributed by atoms with Crippen molar-refractivity contribution in [1.29, 1.82) is 0 Å². The summed E-state index contributed by atoms with van der Waals surface area (Å²) in [5.74, 6) is -1.44. The summed E-state index contributed by atoms with van der Waals surface area (Å²) in [5.41, 5.74) is 8.88. The first-order valence-corrected chi connectivity index (χ1v) is 10.1. The van der Waals surface area contributed by atoms with Crippen LogP contribution in [0, 0.1) is 18.6 Å². The van der Waals surface area contributed by atoms with E-state index in [2.05, 4.69) is 10.3 Å². The summed E-state index contributed by atoms with van der Waals surface area (Å²) in [6, 6.07) is 13.6. The highest BCUT2D eigenvalue weighted by molar-refractivity contribution is 5.84. The molecule has 4 rings (SSSR count). The van der Waals surface area contributed by atoms with E-state index < -0.39 is 17.5 Å². The molecule has 32 heavy (non-hydrogen) atoms. The van der Waals surface area contributed by atoms with Crippen LogP contribution in [-0.4, -0.2) is 21.9 Å². The Kier molecular flexibility index (Phi) is 5.77. The molecule has 0 aliphatic carbocycles. The van der Waals surface area contributed by atoms with Crippen LogP contribution in [0.2, 0.25) is 0 Å². The highest BCUT2D eigenvalue weighted by atomic mass is 19.1. The van der Waals surface area contributed by atoms with Gasteiger partial charge in [0.15, 0.2) is 18.1 Å². The van der Waals surface area contributed by atoms with Crippen molar-refractivity contribution in [3.05, 3.63) is 77.5 Å². The molecule has 0 fully saturated rings. The summed E-state index contributed by atoms with van der Waals surface area (Å²) < 4.78 is 35.7. The van der Waals surface area contributed by atoms with Gasteiger partial charge in [0.1, 0.15) is 23.1 Å². The zero-order valence-electron chi connectivity index (χ0n) is 17.7. The number of nitrogens with zero attached hydrogens (tertiary/aromatic N) is 2. The number of aromatic nitrogens is 2.